The number of carboxylic acid groups (broad SMARTS) is 1. The number of carboxylic acids is 1. The van der Waals surface area contributed by atoms with Crippen molar-refractivity contribution in [2.45, 2.75) is 46.0 Å². The molecule has 1 aromatic heterocycles. The average molecular weight is 350 g/mol. The van der Waals surface area contributed by atoms with Crippen LogP contribution in [0, 0.1) is 0 Å². The summed E-state index contributed by atoms with van der Waals surface area (Å²) in [5.74, 6) is -3.30. The lowest BCUT2D eigenvalue weighted by Gasteiger charge is -2.03. The smallest absolute Gasteiger partial charge is 0.430 e. The quantitative estimate of drug-likeness (QED) is 0.318. The maximum absolute atomic E-state index is 11.1. The van der Waals surface area contributed by atoms with Crippen LogP contribution < -0.4 is 9.67 Å². The van der Waals surface area contributed by atoms with Crippen molar-refractivity contribution >= 4 is 11.9 Å². The number of halogens is 3. The van der Waals surface area contributed by atoms with Crippen LogP contribution in [0.5, 0.6) is 0 Å². The molecule has 0 unspecified atom stereocenters. The summed E-state index contributed by atoms with van der Waals surface area (Å²) in [6.07, 6.45) is 2.88. The number of imidazole rings is 1. The van der Waals surface area contributed by atoms with Gasteiger partial charge in [-0.05, 0) is 26.7 Å². The van der Waals surface area contributed by atoms with Crippen LogP contribution in [0.15, 0.2) is 30.9 Å². The molecule has 0 amide bonds. The summed E-state index contributed by atoms with van der Waals surface area (Å²) in [4.78, 5) is 19.9. The average Bonchev–Trinajstić information content (AvgIpc) is 2.94. The van der Waals surface area contributed by atoms with Crippen LogP contribution >= 0.6 is 0 Å². The minimum absolute atomic E-state index is 0.296. The highest BCUT2D eigenvalue weighted by Crippen LogP contribution is 2.11. The zero-order valence-corrected chi connectivity index (χ0v) is 13.6. The van der Waals surface area contributed by atoms with Gasteiger partial charge < -0.3 is 14.6 Å². The van der Waals surface area contributed by atoms with Crippen LogP contribution in [0.3, 0.4) is 0 Å². The molecule has 136 valence electrons. The van der Waals surface area contributed by atoms with E-state index < -0.39 is 12.1 Å². The molecule has 0 aliphatic heterocycles. The van der Waals surface area contributed by atoms with Gasteiger partial charge in [-0.15, -0.1) is 0 Å². The number of aromatic nitrogens is 2. The van der Waals surface area contributed by atoms with Crippen LogP contribution in [0.4, 0.5) is 13.2 Å². The minimum atomic E-state index is -5.19. The van der Waals surface area contributed by atoms with Crippen molar-refractivity contribution in [2.75, 3.05) is 6.61 Å². The highest BCUT2D eigenvalue weighted by atomic mass is 19.4. The van der Waals surface area contributed by atoms with Crippen molar-refractivity contribution in [3.05, 3.63) is 30.9 Å². The van der Waals surface area contributed by atoms with Crippen LogP contribution in [-0.2, 0) is 27.4 Å². The predicted octanol–water partition coefficient (Wildman–Crippen LogP) is 0.994. The molecular formula is C15H21F3N2O4. The van der Waals surface area contributed by atoms with Gasteiger partial charge in [-0.2, -0.15) is 13.2 Å². The first kappa shape index (κ1) is 21.7. The SMILES string of the molecule is C=C(C)C(=O)OCCCC[n+]1ccn(CC)c1.O=C([O-])C(F)(F)F. The number of aliphatic carboxylic acids is 1. The maximum atomic E-state index is 11.1. The van der Waals surface area contributed by atoms with Crippen molar-refractivity contribution in [1.29, 1.82) is 0 Å². The van der Waals surface area contributed by atoms with E-state index in [2.05, 4.69) is 41.4 Å². The first-order valence-corrected chi connectivity index (χ1v) is 7.23. The Balaban J connectivity index is 0.000000640. The summed E-state index contributed by atoms with van der Waals surface area (Å²) in [6, 6.07) is 0. The van der Waals surface area contributed by atoms with Crippen molar-refractivity contribution in [2.24, 2.45) is 0 Å². The Bertz CT molecular complexity index is 553. The second-order valence-electron chi connectivity index (χ2n) is 4.89. The van der Waals surface area contributed by atoms with Gasteiger partial charge in [-0.1, -0.05) is 6.58 Å². The molecular weight excluding hydrogens is 329 g/mol. The zero-order valence-electron chi connectivity index (χ0n) is 13.6. The maximum Gasteiger partial charge on any atom is 0.430 e. The number of aryl methyl sites for hydroxylation is 2. The van der Waals surface area contributed by atoms with Crippen molar-refractivity contribution in [3.8, 4) is 0 Å². The largest absolute Gasteiger partial charge is 0.542 e. The topological polar surface area (TPSA) is 75.2 Å². The first-order chi connectivity index (χ1) is 11.1. The molecule has 9 heteroatoms. The molecule has 24 heavy (non-hydrogen) atoms. The van der Waals surface area contributed by atoms with Gasteiger partial charge in [0.05, 0.1) is 19.7 Å². The number of unbranched alkanes of at least 4 members (excludes halogenated alkanes) is 1. The van der Waals surface area contributed by atoms with E-state index in [-0.39, 0.29) is 5.97 Å². The number of carbonyl (C=O) groups is 2. The Labute approximate surface area is 138 Å². The van der Waals surface area contributed by atoms with E-state index in [1.807, 2.05) is 0 Å². The Hall–Kier alpha value is -2.32. The molecule has 0 aliphatic rings. The Morgan fingerprint density at radius 3 is 2.33 bits per heavy atom. The van der Waals surface area contributed by atoms with Gasteiger partial charge in [-0.3, -0.25) is 0 Å². The molecule has 1 rings (SSSR count). The fourth-order valence-electron chi connectivity index (χ4n) is 1.44. The van der Waals surface area contributed by atoms with Gasteiger partial charge in [0.25, 0.3) is 0 Å². The highest BCUT2D eigenvalue weighted by Gasteiger charge is 2.28. The van der Waals surface area contributed by atoms with Gasteiger partial charge in [0.1, 0.15) is 18.4 Å². The van der Waals surface area contributed by atoms with E-state index in [0.29, 0.717) is 12.2 Å². The van der Waals surface area contributed by atoms with Gasteiger partial charge >= 0.3 is 12.1 Å². The van der Waals surface area contributed by atoms with Gasteiger partial charge in [0, 0.05) is 5.57 Å². The third-order valence-electron chi connectivity index (χ3n) is 2.74. The number of esters is 1. The van der Waals surface area contributed by atoms with E-state index in [9.17, 15) is 18.0 Å². The number of alkyl halides is 3. The summed E-state index contributed by atoms with van der Waals surface area (Å²) in [5, 5.41) is 8.78. The lowest BCUT2D eigenvalue weighted by atomic mass is 10.3. The van der Waals surface area contributed by atoms with Gasteiger partial charge in [-0.25, -0.2) is 13.9 Å². The Morgan fingerprint density at radius 2 is 1.92 bits per heavy atom. The van der Waals surface area contributed by atoms with E-state index in [0.717, 1.165) is 25.9 Å². The molecule has 0 fully saturated rings. The summed E-state index contributed by atoms with van der Waals surface area (Å²) in [7, 11) is 0. The number of rotatable bonds is 7. The van der Waals surface area contributed by atoms with E-state index >= 15 is 0 Å². The molecule has 0 aromatic carbocycles. The predicted molar refractivity (Wildman–Crippen MR) is 76.4 cm³/mol. The fraction of sp³-hybridized carbons (Fsp3) is 0.533. The molecule has 0 bridgehead atoms. The Morgan fingerprint density at radius 1 is 1.33 bits per heavy atom. The van der Waals surface area contributed by atoms with Crippen LogP contribution in [0.25, 0.3) is 0 Å². The lowest BCUT2D eigenvalue weighted by molar-refractivity contribution is -0.696. The number of nitrogens with zero attached hydrogens (tertiary/aromatic N) is 2. The lowest BCUT2D eigenvalue weighted by Crippen LogP contribution is -2.37. The van der Waals surface area contributed by atoms with Crippen LogP contribution in [-0.4, -0.2) is 29.3 Å². The molecule has 0 N–H and O–H groups in total. The van der Waals surface area contributed by atoms with Crippen molar-refractivity contribution in [3.63, 3.8) is 0 Å². The third kappa shape index (κ3) is 9.65. The summed E-state index contributed by atoms with van der Waals surface area (Å²) in [6.45, 7) is 9.72. The molecule has 0 radical (unpaired) electrons. The van der Waals surface area contributed by atoms with Crippen LogP contribution in [0.2, 0.25) is 0 Å². The van der Waals surface area contributed by atoms with E-state index in [1.54, 1.807) is 6.92 Å². The van der Waals surface area contributed by atoms with Gasteiger partial charge in [0.2, 0.25) is 6.33 Å². The number of hydrogen-bond acceptors (Lipinski definition) is 4. The molecule has 1 aromatic rings. The normalized spacial score (nSPS) is 10.5. The molecule has 6 nitrogen and oxygen atoms in total. The molecule has 1 heterocycles. The number of hydrogen-bond donors (Lipinski definition) is 0. The first-order valence-electron chi connectivity index (χ1n) is 7.23. The summed E-state index contributed by atoms with van der Waals surface area (Å²) in [5.41, 5.74) is 0.458. The molecule has 0 aliphatic carbocycles. The molecule has 0 atom stereocenters. The zero-order chi connectivity index (χ0) is 18.8. The second kappa shape index (κ2) is 10.5. The highest BCUT2D eigenvalue weighted by molar-refractivity contribution is 5.86. The van der Waals surface area contributed by atoms with Crippen molar-refractivity contribution < 1.29 is 37.2 Å². The summed E-state index contributed by atoms with van der Waals surface area (Å²) < 4.78 is 40.8. The second-order valence-corrected chi connectivity index (χ2v) is 4.89. The summed E-state index contributed by atoms with van der Waals surface area (Å²) >= 11 is 0. The Kier molecular flexibility index (Phi) is 9.44. The minimum Gasteiger partial charge on any atom is -0.542 e. The number of ether oxygens (including phenoxy) is 1. The van der Waals surface area contributed by atoms with Gasteiger partial charge in [0.15, 0.2) is 0 Å². The van der Waals surface area contributed by atoms with E-state index in [4.69, 9.17) is 14.6 Å². The standard InChI is InChI=1S/C13H21N2O2.C2HF3O2/c1-4-14-8-9-15(11-14)7-5-6-10-17-13(16)12(2)3;3-2(4,5)1(6)7/h8-9,11H,2,4-7,10H2,1,3H3;(H,6,7)/q+1;/p-1. The molecule has 0 saturated carbocycles. The monoisotopic (exact) mass is 350 g/mol. The number of carbonyl (C=O) groups excluding carboxylic acids is 2. The third-order valence-corrected chi connectivity index (χ3v) is 2.74. The van der Waals surface area contributed by atoms with E-state index in [1.165, 1.54) is 0 Å². The van der Waals surface area contributed by atoms with Crippen molar-refractivity contribution in [1.82, 2.24) is 4.57 Å². The molecule has 0 spiro atoms. The molecule has 0 saturated heterocycles. The van der Waals surface area contributed by atoms with Crippen LogP contribution in [0.1, 0.15) is 26.7 Å². The fourth-order valence-corrected chi connectivity index (χ4v) is 1.44.